The van der Waals surface area contributed by atoms with Gasteiger partial charge in [0.2, 0.25) is 0 Å². The highest BCUT2D eigenvalue weighted by Crippen LogP contribution is 2.52. The third-order valence-corrected chi connectivity index (χ3v) is 5.95. The van der Waals surface area contributed by atoms with Crippen molar-refractivity contribution in [2.75, 3.05) is 26.3 Å². The van der Waals surface area contributed by atoms with E-state index in [0.717, 1.165) is 38.4 Å². The van der Waals surface area contributed by atoms with Crippen LogP contribution in [0.25, 0.3) is 0 Å². The zero-order valence-corrected chi connectivity index (χ0v) is 16.5. The molecule has 0 aromatic carbocycles. The van der Waals surface area contributed by atoms with Crippen LogP contribution in [0.5, 0.6) is 0 Å². The molecule has 7 heteroatoms. The molecule has 0 aromatic rings. The lowest BCUT2D eigenvalue weighted by atomic mass is 9.57. The van der Waals surface area contributed by atoms with Crippen molar-refractivity contribution in [1.29, 1.82) is 0 Å². The van der Waals surface area contributed by atoms with Gasteiger partial charge in [0.15, 0.2) is 5.96 Å². The van der Waals surface area contributed by atoms with Crippen LogP contribution in [0.2, 0.25) is 0 Å². The van der Waals surface area contributed by atoms with Crippen LogP contribution >= 0.6 is 0 Å². The van der Waals surface area contributed by atoms with Crippen molar-refractivity contribution in [3.63, 3.8) is 0 Å². The normalized spacial score (nSPS) is 30.8. The fraction of sp³-hybridized carbons (Fsp3) is 0.895. The summed E-state index contributed by atoms with van der Waals surface area (Å²) in [5.41, 5.74) is 0.108. The summed E-state index contributed by atoms with van der Waals surface area (Å²) >= 11 is 0. The maximum atomic E-state index is 11.8. The summed E-state index contributed by atoms with van der Waals surface area (Å²) in [5.74, 6) is 1.90. The smallest absolute Gasteiger partial charge is 0.407 e. The van der Waals surface area contributed by atoms with E-state index in [1.54, 1.807) is 0 Å². The lowest BCUT2D eigenvalue weighted by Gasteiger charge is -2.54. The monoisotopic (exact) mass is 366 g/mol. The topological polar surface area (TPSA) is 84.0 Å². The van der Waals surface area contributed by atoms with Crippen molar-refractivity contribution in [1.82, 2.24) is 16.0 Å². The van der Waals surface area contributed by atoms with E-state index in [9.17, 15) is 4.79 Å². The molecule has 1 amide bonds. The molecule has 26 heavy (non-hydrogen) atoms. The highest BCUT2D eigenvalue weighted by Gasteiger charge is 2.59. The molecule has 4 atom stereocenters. The average Bonchev–Trinajstić information content (AvgIpc) is 3.34. The van der Waals surface area contributed by atoms with Crippen LogP contribution in [0, 0.1) is 17.3 Å². The summed E-state index contributed by atoms with van der Waals surface area (Å²) in [6.07, 6.45) is 3.41. The second kappa shape index (κ2) is 8.03. The summed E-state index contributed by atoms with van der Waals surface area (Å²) in [6.45, 7) is 11.0. The summed E-state index contributed by atoms with van der Waals surface area (Å²) in [5, 5.41) is 9.94. The molecule has 0 bridgehead atoms. The van der Waals surface area contributed by atoms with Crippen LogP contribution in [0.15, 0.2) is 4.99 Å². The van der Waals surface area contributed by atoms with Crippen molar-refractivity contribution in [2.45, 2.75) is 65.1 Å². The van der Waals surface area contributed by atoms with Gasteiger partial charge in [0.25, 0.3) is 0 Å². The van der Waals surface area contributed by atoms with E-state index >= 15 is 0 Å². The first-order chi connectivity index (χ1) is 12.5. The molecule has 7 nitrogen and oxygen atoms in total. The van der Waals surface area contributed by atoms with E-state index < -0.39 is 0 Å². The Labute approximate surface area is 156 Å². The number of ether oxygens (including phenoxy) is 2. The van der Waals surface area contributed by atoms with Gasteiger partial charge in [0.1, 0.15) is 0 Å². The summed E-state index contributed by atoms with van der Waals surface area (Å²) < 4.78 is 10.9. The zero-order chi connectivity index (χ0) is 18.7. The quantitative estimate of drug-likeness (QED) is 0.473. The van der Waals surface area contributed by atoms with Crippen LogP contribution < -0.4 is 16.0 Å². The molecule has 1 aliphatic heterocycles. The Bertz CT molecular complexity index is 533. The predicted octanol–water partition coefficient (Wildman–Crippen LogP) is 1.88. The van der Waals surface area contributed by atoms with Gasteiger partial charge in [-0.2, -0.15) is 0 Å². The van der Waals surface area contributed by atoms with Gasteiger partial charge in [-0.15, -0.1) is 0 Å². The van der Waals surface area contributed by atoms with Crippen molar-refractivity contribution < 1.29 is 14.3 Å². The van der Waals surface area contributed by atoms with Crippen molar-refractivity contribution in [3.8, 4) is 0 Å². The van der Waals surface area contributed by atoms with Crippen LogP contribution in [-0.2, 0) is 9.47 Å². The van der Waals surface area contributed by atoms with Gasteiger partial charge in [-0.05, 0) is 39.0 Å². The van der Waals surface area contributed by atoms with E-state index in [1.807, 2.05) is 6.92 Å². The molecule has 2 aliphatic carbocycles. The third-order valence-electron chi connectivity index (χ3n) is 5.95. The maximum Gasteiger partial charge on any atom is 0.407 e. The highest BCUT2D eigenvalue weighted by atomic mass is 16.5. The molecule has 2 saturated carbocycles. The number of carbonyl (C=O) groups is 1. The minimum absolute atomic E-state index is 0.0430. The number of hydrogen-bond acceptors (Lipinski definition) is 4. The first-order valence-electron chi connectivity index (χ1n) is 10.1. The second-order valence-electron chi connectivity index (χ2n) is 8.22. The van der Waals surface area contributed by atoms with Gasteiger partial charge < -0.3 is 25.4 Å². The van der Waals surface area contributed by atoms with Crippen LogP contribution in [0.4, 0.5) is 4.79 Å². The van der Waals surface area contributed by atoms with Crippen LogP contribution in [0.1, 0.15) is 47.0 Å². The van der Waals surface area contributed by atoms with Crippen molar-refractivity contribution in [3.05, 3.63) is 0 Å². The molecule has 1 saturated heterocycles. The van der Waals surface area contributed by atoms with Gasteiger partial charge in [0, 0.05) is 30.5 Å². The minimum Gasteiger partial charge on any atom is -0.450 e. The number of hydrogen-bond donors (Lipinski definition) is 3. The molecule has 3 aliphatic rings. The predicted molar refractivity (Wildman–Crippen MR) is 101 cm³/mol. The summed E-state index contributed by atoms with van der Waals surface area (Å²) in [7, 11) is 0. The Morgan fingerprint density at radius 3 is 2.73 bits per heavy atom. The summed E-state index contributed by atoms with van der Waals surface area (Å²) in [6, 6.07) is 0.409. The Hall–Kier alpha value is -1.50. The average molecular weight is 367 g/mol. The van der Waals surface area contributed by atoms with E-state index in [4.69, 9.17) is 14.5 Å². The molecular formula is C19H34N4O3. The van der Waals surface area contributed by atoms with Crippen LogP contribution in [0.3, 0.4) is 0 Å². The first-order valence-corrected chi connectivity index (χ1v) is 10.1. The molecule has 3 N–H and O–H groups in total. The first kappa shape index (κ1) is 19.3. The lowest BCUT2D eigenvalue weighted by Crippen LogP contribution is -2.68. The Morgan fingerprint density at radius 2 is 2.08 bits per heavy atom. The number of rotatable bonds is 7. The van der Waals surface area contributed by atoms with Crippen molar-refractivity contribution in [2.24, 2.45) is 22.2 Å². The van der Waals surface area contributed by atoms with Gasteiger partial charge in [0.05, 0.1) is 25.3 Å². The second-order valence-corrected chi connectivity index (χ2v) is 8.22. The van der Waals surface area contributed by atoms with E-state index in [1.165, 1.54) is 0 Å². The van der Waals surface area contributed by atoms with Crippen LogP contribution in [-0.4, -0.2) is 56.5 Å². The molecule has 148 valence electrons. The number of nitrogens with zero attached hydrogens (tertiary/aromatic N) is 1. The molecule has 3 fully saturated rings. The largest absolute Gasteiger partial charge is 0.450 e. The van der Waals surface area contributed by atoms with E-state index in [2.05, 4.69) is 36.7 Å². The lowest BCUT2D eigenvalue weighted by molar-refractivity contribution is -0.106. The third kappa shape index (κ3) is 4.08. The molecule has 0 radical (unpaired) electrons. The molecular weight excluding hydrogens is 332 g/mol. The highest BCUT2D eigenvalue weighted by molar-refractivity contribution is 5.80. The molecule has 1 heterocycles. The number of alkyl carbamates (subject to hydrolysis) is 1. The SMILES string of the molecule is CCNC(=NCC(NC(=O)OCC)C1CC1)NC1C2CCOC2C1(C)C. The standard InChI is InChI=1S/C19H34N4O3/c1-5-20-17(23-15-13-9-10-26-16(13)19(15,3)4)21-11-14(12-7-8-12)22-18(24)25-6-2/h12-16H,5-11H2,1-4H3,(H,22,24)(H2,20,21,23). The van der Waals surface area contributed by atoms with Gasteiger partial charge >= 0.3 is 6.09 Å². The number of amides is 1. The van der Waals surface area contributed by atoms with Gasteiger partial charge in [-0.25, -0.2) is 4.79 Å². The number of guanidine groups is 1. The fourth-order valence-corrected chi connectivity index (χ4v) is 4.41. The number of aliphatic imine (C=N–C) groups is 1. The molecule has 0 spiro atoms. The maximum absolute atomic E-state index is 11.8. The molecule has 4 unspecified atom stereocenters. The number of nitrogens with one attached hydrogen (secondary N) is 3. The summed E-state index contributed by atoms with van der Waals surface area (Å²) in [4.78, 5) is 16.5. The fourth-order valence-electron chi connectivity index (χ4n) is 4.41. The van der Waals surface area contributed by atoms with Gasteiger partial charge in [-0.1, -0.05) is 13.8 Å². The van der Waals surface area contributed by atoms with Crippen molar-refractivity contribution >= 4 is 12.1 Å². The Kier molecular flexibility index (Phi) is 5.95. The Morgan fingerprint density at radius 1 is 1.31 bits per heavy atom. The minimum atomic E-state index is -0.344. The Balaban J connectivity index is 1.60. The van der Waals surface area contributed by atoms with Gasteiger partial charge in [-0.3, -0.25) is 4.99 Å². The van der Waals surface area contributed by atoms with E-state index in [-0.39, 0.29) is 17.6 Å². The van der Waals surface area contributed by atoms with E-state index in [0.29, 0.717) is 37.1 Å². The molecule has 0 aromatic heterocycles. The number of fused-ring (bicyclic) bond motifs is 1. The number of carbonyl (C=O) groups excluding carboxylic acids is 1. The molecule has 3 rings (SSSR count). The zero-order valence-electron chi connectivity index (χ0n) is 16.5.